The Balaban J connectivity index is 2.49. The summed E-state index contributed by atoms with van der Waals surface area (Å²) in [4.78, 5) is 13.5. The van der Waals surface area contributed by atoms with Crippen LogP contribution in [0.4, 0.5) is 0 Å². The number of rotatable bonds is 4. The smallest absolute Gasteiger partial charge is 0.307 e. The number of piperidine rings is 1. The minimum absolute atomic E-state index is 0.118. The molecule has 0 aromatic heterocycles. The van der Waals surface area contributed by atoms with Crippen molar-refractivity contribution in [3.63, 3.8) is 0 Å². The van der Waals surface area contributed by atoms with E-state index in [0.717, 1.165) is 24.0 Å². The van der Waals surface area contributed by atoms with Crippen LogP contribution in [-0.2, 0) is 9.53 Å². The third-order valence-corrected chi connectivity index (χ3v) is 3.00. The second-order valence-electron chi connectivity index (χ2n) is 3.92. The highest BCUT2D eigenvalue weighted by Crippen LogP contribution is 2.21. The highest BCUT2D eigenvalue weighted by Gasteiger charge is 2.24. The summed E-state index contributed by atoms with van der Waals surface area (Å²) in [6.45, 7) is 5.71. The maximum Gasteiger partial charge on any atom is 0.307 e. The first-order chi connectivity index (χ1) is 7.13. The average molecular weight is 276 g/mol. The van der Waals surface area contributed by atoms with Gasteiger partial charge in [-0.15, -0.1) is 0 Å². The fourth-order valence-corrected chi connectivity index (χ4v) is 2.32. The molecule has 1 aliphatic heterocycles. The molecule has 0 spiro atoms. The van der Waals surface area contributed by atoms with Crippen molar-refractivity contribution in [1.82, 2.24) is 4.90 Å². The maximum atomic E-state index is 11.2. The number of hydrogen-bond donors (Lipinski definition) is 0. The number of hydrogen-bond acceptors (Lipinski definition) is 3. The van der Waals surface area contributed by atoms with Crippen LogP contribution in [0.5, 0.6) is 0 Å². The van der Waals surface area contributed by atoms with Crippen molar-refractivity contribution < 1.29 is 9.53 Å². The molecular formula is C11H18BrNO2. The molecule has 15 heavy (non-hydrogen) atoms. The SMILES string of the molecule is C=C(Br)CN1CCCCC1CC(=O)OC. The summed E-state index contributed by atoms with van der Waals surface area (Å²) in [7, 11) is 1.44. The molecule has 1 unspecified atom stereocenters. The molecule has 4 heteroatoms. The Morgan fingerprint density at radius 3 is 2.93 bits per heavy atom. The Kier molecular flexibility index (Phi) is 5.32. The normalized spacial score (nSPS) is 22.4. The molecule has 0 saturated carbocycles. The van der Waals surface area contributed by atoms with Gasteiger partial charge in [-0.05, 0) is 19.4 Å². The van der Waals surface area contributed by atoms with Crippen molar-refractivity contribution in [1.29, 1.82) is 0 Å². The van der Waals surface area contributed by atoms with E-state index in [1.165, 1.54) is 20.0 Å². The van der Waals surface area contributed by atoms with Crippen LogP contribution in [0.2, 0.25) is 0 Å². The maximum absolute atomic E-state index is 11.2. The highest BCUT2D eigenvalue weighted by molar-refractivity contribution is 9.11. The lowest BCUT2D eigenvalue weighted by molar-refractivity contribution is -0.142. The van der Waals surface area contributed by atoms with Gasteiger partial charge in [0.1, 0.15) is 0 Å². The van der Waals surface area contributed by atoms with E-state index >= 15 is 0 Å². The third-order valence-electron chi connectivity index (χ3n) is 2.75. The fourth-order valence-electron chi connectivity index (χ4n) is 2.00. The lowest BCUT2D eigenvalue weighted by atomic mass is 9.99. The number of carbonyl (C=O) groups excluding carboxylic acids is 1. The van der Waals surface area contributed by atoms with Crippen molar-refractivity contribution in [2.75, 3.05) is 20.2 Å². The van der Waals surface area contributed by atoms with Crippen LogP contribution in [0.25, 0.3) is 0 Å². The van der Waals surface area contributed by atoms with Crippen molar-refractivity contribution >= 4 is 21.9 Å². The quantitative estimate of drug-likeness (QED) is 0.738. The van der Waals surface area contributed by atoms with Gasteiger partial charge in [0.2, 0.25) is 0 Å². The molecule has 0 N–H and O–H groups in total. The van der Waals surface area contributed by atoms with Crippen molar-refractivity contribution in [3.8, 4) is 0 Å². The average Bonchev–Trinajstić information content (AvgIpc) is 2.20. The summed E-state index contributed by atoms with van der Waals surface area (Å²) < 4.78 is 5.68. The van der Waals surface area contributed by atoms with E-state index in [-0.39, 0.29) is 5.97 Å². The molecule has 3 nitrogen and oxygen atoms in total. The van der Waals surface area contributed by atoms with Crippen LogP contribution in [0, 0.1) is 0 Å². The van der Waals surface area contributed by atoms with E-state index in [1.54, 1.807) is 0 Å². The first kappa shape index (κ1) is 12.7. The third kappa shape index (κ3) is 4.34. The molecule has 1 atom stereocenters. The van der Waals surface area contributed by atoms with Crippen LogP contribution in [0.1, 0.15) is 25.7 Å². The number of nitrogens with zero attached hydrogens (tertiary/aromatic N) is 1. The van der Waals surface area contributed by atoms with Gasteiger partial charge in [-0.3, -0.25) is 9.69 Å². The zero-order valence-electron chi connectivity index (χ0n) is 9.17. The molecule has 1 fully saturated rings. The standard InChI is InChI=1S/C11H18BrNO2/c1-9(12)8-13-6-4-3-5-10(13)7-11(14)15-2/h10H,1,3-8H2,2H3. The lowest BCUT2D eigenvalue weighted by Gasteiger charge is -2.34. The molecule has 1 heterocycles. The number of halogens is 1. The summed E-state index contributed by atoms with van der Waals surface area (Å²) in [5.74, 6) is -0.118. The molecular weight excluding hydrogens is 258 g/mol. The van der Waals surface area contributed by atoms with E-state index in [4.69, 9.17) is 4.74 Å². The van der Waals surface area contributed by atoms with Crippen molar-refractivity contribution in [2.24, 2.45) is 0 Å². The number of carbonyl (C=O) groups is 1. The number of likely N-dealkylation sites (tertiary alicyclic amines) is 1. The molecule has 86 valence electrons. The predicted octanol–water partition coefficient (Wildman–Crippen LogP) is 2.31. The van der Waals surface area contributed by atoms with Gasteiger partial charge >= 0.3 is 5.97 Å². The van der Waals surface area contributed by atoms with E-state index in [1.807, 2.05) is 0 Å². The van der Waals surface area contributed by atoms with Crippen LogP contribution in [-0.4, -0.2) is 37.1 Å². The molecule has 1 saturated heterocycles. The summed E-state index contributed by atoms with van der Waals surface area (Å²) in [5.41, 5.74) is 0. The Morgan fingerprint density at radius 1 is 1.60 bits per heavy atom. The first-order valence-electron chi connectivity index (χ1n) is 5.27. The zero-order valence-corrected chi connectivity index (χ0v) is 10.8. The molecule has 0 radical (unpaired) electrons. The van der Waals surface area contributed by atoms with E-state index in [2.05, 4.69) is 27.4 Å². The zero-order chi connectivity index (χ0) is 11.3. The Bertz CT molecular complexity index is 243. The van der Waals surface area contributed by atoms with Crippen molar-refractivity contribution in [2.45, 2.75) is 31.7 Å². The summed E-state index contributed by atoms with van der Waals surface area (Å²) in [5, 5.41) is 0. The Labute approximate surface area is 99.6 Å². The molecule has 1 rings (SSSR count). The Hall–Kier alpha value is -0.350. The van der Waals surface area contributed by atoms with E-state index in [9.17, 15) is 4.79 Å². The Morgan fingerprint density at radius 2 is 2.33 bits per heavy atom. The van der Waals surface area contributed by atoms with Crippen LogP contribution >= 0.6 is 15.9 Å². The molecule has 0 aromatic carbocycles. The molecule has 1 aliphatic rings. The topological polar surface area (TPSA) is 29.5 Å². The van der Waals surface area contributed by atoms with Gasteiger partial charge in [0.15, 0.2) is 0 Å². The van der Waals surface area contributed by atoms with Gasteiger partial charge in [0, 0.05) is 17.1 Å². The van der Waals surface area contributed by atoms with Gasteiger partial charge in [-0.2, -0.15) is 0 Å². The minimum Gasteiger partial charge on any atom is -0.469 e. The minimum atomic E-state index is -0.118. The summed E-state index contributed by atoms with van der Waals surface area (Å²) in [6.07, 6.45) is 3.98. The molecule has 0 amide bonds. The highest BCUT2D eigenvalue weighted by atomic mass is 79.9. The van der Waals surface area contributed by atoms with Crippen LogP contribution < -0.4 is 0 Å². The number of methoxy groups -OCH3 is 1. The van der Waals surface area contributed by atoms with Gasteiger partial charge in [0.05, 0.1) is 13.5 Å². The van der Waals surface area contributed by atoms with Gasteiger partial charge in [-0.25, -0.2) is 0 Å². The lowest BCUT2D eigenvalue weighted by Crippen LogP contribution is -2.41. The van der Waals surface area contributed by atoms with Gasteiger partial charge in [-0.1, -0.05) is 28.9 Å². The molecule has 0 aliphatic carbocycles. The number of esters is 1. The van der Waals surface area contributed by atoms with Gasteiger partial charge in [0.25, 0.3) is 0 Å². The fraction of sp³-hybridized carbons (Fsp3) is 0.727. The first-order valence-corrected chi connectivity index (χ1v) is 6.07. The van der Waals surface area contributed by atoms with Crippen LogP contribution in [0.3, 0.4) is 0 Å². The summed E-state index contributed by atoms with van der Waals surface area (Å²) in [6, 6.07) is 0.320. The van der Waals surface area contributed by atoms with E-state index in [0.29, 0.717) is 12.5 Å². The predicted molar refractivity (Wildman–Crippen MR) is 63.9 cm³/mol. The summed E-state index contributed by atoms with van der Waals surface area (Å²) >= 11 is 3.37. The monoisotopic (exact) mass is 275 g/mol. The number of ether oxygens (including phenoxy) is 1. The van der Waals surface area contributed by atoms with Crippen molar-refractivity contribution in [3.05, 3.63) is 11.1 Å². The van der Waals surface area contributed by atoms with Crippen LogP contribution in [0.15, 0.2) is 11.1 Å². The second kappa shape index (κ2) is 6.28. The molecule has 0 aromatic rings. The van der Waals surface area contributed by atoms with Gasteiger partial charge < -0.3 is 4.74 Å². The van der Waals surface area contributed by atoms with E-state index < -0.39 is 0 Å². The largest absolute Gasteiger partial charge is 0.469 e. The second-order valence-corrected chi connectivity index (χ2v) is 5.04. The molecule has 0 bridgehead atoms.